The Morgan fingerprint density at radius 3 is 1.00 bits per heavy atom. The molecule has 3 rings (SSSR count). The molecule has 0 heterocycles. The van der Waals surface area contributed by atoms with Crippen LogP contribution in [0.3, 0.4) is 0 Å². The minimum atomic E-state index is -3.67. The summed E-state index contributed by atoms with van der Waals surface area (Å²) in [5.41, 5.74) is 0.571. The van der Waals surface area contributed by atoms with Crippen molar-refractivity contribution in [3.05, 3.63) is 0 Å². The zero-order chi connectivity index (χ0) is 23.9. The van der Waals surface area contributed by atoms with E-state index in [1.807, 2.05) is 0 Å². The summed E-state index contributed by atoms with van der Waals surface area (Å²) in [7, 11) is -3.67. The summed E-state index contributed by atoms with van der Waals surface area (Å²) in [6.07, 6.45) is 8.86. The molecule has 6 unspecified atom stereocenters. The molecule has 0 saturated heterocycles. The maximum absolute atomic E-state index is 14.3. The topological polar surface area (TPSA) is 44.8 Å². The predicted octanol–water partition coefficient (Wildman–Crippen LogP) is 8.79. The Hall–Kier alpha value is 0.110. The van der Waals surface area contributed by atoms with E-state index in [2.05, 4.69) is 62.3 Å². The summed E-state index contributed by atoms with van der Waals surface area (Å²) in [4.78, 5) is 0. The Morgan fingerprint density at radius 2 is 0.781 bits per heavy atom. The van der Waals surface area contributed by atoms with Crippen LogP contribution in [0.15, 0.2) is 0 Å². The number of rotatable bonds is 6. The molecule has 0 aliphatic heterocycles. The molecule has 0 amide bonds. The van der Waals surface area contributed by atoms with E-state index in [9.17, 15) is 4.57 Å². The Labute approximate surface area is 198 Å². The first-order chi connectivity index (χ1) is 14.5. The average molecular weight is 471 g/mol. The van der Waals surface area contributed by atoms with Crippen LogP contribution in [0.2, 0.25) is 0 Å². The lowest BCUT2D eigenvalue weighted by atomic mass is 9.72. The van der Waals surface area contributed by atoms with Crippen LogP contribution >= 0.6 is 7.82 Å². The second-order valence-electron chi connectivity index (χ2n) is 14.4. The maximum atomic E-state index is 14.3. The van der Waals surface area contributed by atoms with E-state index >= 15 is 0 Å². The summed E-state index contributed by atoms with van der Waals surface area (Å²) in [5.74, 6) is 1.67. The van der Waals surface area contributed by atoms with Crippen LogP contribution in [-0.2, 0) is 18.1 Å². The van der Waals surface area contributed by atoms with Crippen molar-refractivity contribution in [3.63, 3.8) is 0 Å². The van der Waals surface area contributed by atoms with E-state index < -0.39 is 7.82 Å². The van der Waals surface area contributed by atoms with Gasteiger partial charge in [-0.3, -0.25) is 13.6 Å². The van der Waals surface area contributed by atoms with Crippen LogP contribution in [0.4, 0.5) is 0 Å². The van der Waals surface area contributed by atoms with Crippen molar-refractivity contribution in [1.29, 1.82) is 0 Å². The van der Waals surface area contributed by atoms with E-state index in [-0.39, 0.29) is 34.6 Å². The van der Waals surface area contributed by atoms with Crippen molar-refractivity contribution in [2.45, 2.75) is 138 Å². The number of hydrogen-bond acceptors (Lipinski definition) is 4. The van der Waals surface area contributed by atoms with Crippen molar-refractivity contribution in [1.82, 2.24) is 0 Å². The highest BCUT2D eigenvalue weighted by atomic mass is 31.2. The lowest BCUT2D eigenvalue weighted by Gasteiger charge is -2.43. The number of hydrogen-bond donors (Lipinski definition) is 0. The van der Waals surface area contributed by atoms with Gasteiger partial charge in [-0.1, -0.05) is 62.3 Å². The quantitative estimate of drug-likeness (QED) is 0.364. The smallest absolute Gasteiger partial charge is 0.283 e. The minimum absolute atomic E-state index is 0.0670. The van der Waals surface area contributed by atoms with E-state index in [1.165, 1.54) is 19.3 Å². The van der Waals surface area contributed by atoms with Gasteiger partial charge in [0.05, 0.1) is 18.3 Å². The summed E-state index contributed by atoms with van der Waals surface area (Å²) >= 11 is 0. The first-order valence-electron chi connectivity index (χ1n) is 13.2. The molecule has 0 aromatic rings. The van der Waals surface area contributed by atoms with Gasteiger partial charge in [-0.25, -0.2) is 4.57 Å². The fourth-order valence-electron chi connectivity index (χ4n) is 7.64. The van der Waals surface area contributed by atoms with Crippen molar-refractivity contribution in [3.8, 4) is 0 Å². The van der Waals surface area contributed by atoms with Gasteiger partial charge in [0.1, 0.15) is 0 Å². The van der Waals surface area contributed by atoms with Crippen LogP contribution in [0, 0.1) is 34.0 Å². The van der Waals surface area contributed by atoms with Crippen LogP contribution in [-0.4, -0.2) is 18.3 Å². The van der Waals surface area contributed by atoms with Crippen molar-refractivity contribution in [2.75, 3.05) is 0 Å². The van der Waals surface area contributed by atoms with Gasteiger partial charge in [-0.15, -0.1) is 0 Å². The standard InChI is InChI=1S/C27H51O4P/c1-19-10-22(16-25(4,5)13-19)29-32(28,30-23-11-20(2)14-26(6,7)17-23)31-24-12-21(3)15-27(8,9)18-24/h19-24H,10-18H2,1-9H3. The van der Waals surface area contributed by atoms with Crippen LogP contribution in [0.1, 0.15) is 120 Å². The Bertz CT molecular complexity index is 595. The molecule has 3 aliphatic carbocycles. The van der Waals surface area contributed by atoms with Crippen LogP contribution in [0.25, 0.3) is 0 Å². The first-order valence-corrected chi connectivity index (χ1v) is 14.7. The highest BCUT2D eigenvalue weighted by Gasteiger charge is 2.45. The van der Waals surface area contributed by atoms with Gasteiger partial charge >= 0.3 is 7.82 Å². The van der Waals surface area contributed by atoms with Crippen LogP contribution in [0.5, 0.6) is 0 Å². The molecule has 0 N–H and O–H groups in total. The van der Waals surface area contributed by atoms with E-state index in [0.29, 0.717) is 17.8 Å². The molecule has 0 aromatic heterocycles. The van der Waals surface area contributed by atoms with Crippen molar-refractivity contribution < 1.29 is 18.1 Å². The first kappa shape index (κ1) is 26.7. The highest BCUT2D eigenvalue weighted by molar-refractivity contribution is 7.48. The third kappa shape index (κ3) is 7.82. The van der Waals surface area contributed by atoms with Crippen molar-refractivity contribution >= 4 is 7.82 Å². The van der Waals surface area contributed by atoms with Gasteiger partial charge in [0.25, 0.3) is 0 Å². The van der Waals surface area contributed by atoms with E-state index in [0.717, 1.165) is 38.5 Å². The molecule has 188 valence electrons. The molecule has 3 fully saturated rings. The molecule has 6 atom stereocenters. The fourth-order valence-corrected chi connectivity index (χ4v) is 9.36. The molecule has 4 nitrogen and oxygen atoms in total. The molecular formula is C27H51O4P. The van der Waals surface area contributed by atoms with Crippen molar-refractivity contribution in [2.24, 2.45) is 34.0 Å². The van der Waals surface area contributed by atoms with Gasteiger partial charge < -0.3 is 0 Å². The monoisotopic (exact) mass is 470 g/mol. The van der Waals surface area contributed by atoms with Gasteiger partial charge in [0.15, 0.2) is 0 Å². The van der Waals surface area contributed by atoms with Gasteiger partial charge in [-0.05, 0) is 91.8 Å². The predicted molar refractivity (Wildman–Crippen MR) is 133 cm³/mol. The molecule has 3 saturated carbocycles. The molecule has 0 bridgehead atoms. The van der Waals surface area contributed by atoms with Gasteiger partial charge in [0.2, 0.25) is 0 Å². The lowest BCUT2D eigenvalue weighted by Crippen LogP contribution is -2.36. The maximum Gasteiger partial charge on any atom is 0.475 e. The third-order valence-electron chi connectivity index (χ3n) is 7.87. The molecule has 0 spiro atoms. The lowest BCUT2D eigenvalue weighted by molar-refractivity contribution is -0.0405. The highest BCUT2D eigenvalue weighted by Crippen LogP contribution is 2.59. The summed E-state index contributed by atoms with van der Waals surface area (Å²) in [5, 5.41) is 0. The van der Waals surface area contributed by atoms with E-state index in [4.69, 9.17) is 13.6 Å². The Morgan fingerprint density at radius 1 is 0.531 bits per heavy atom. The largest absolute Gasteiger partial charge is 0.475 e. The van der Waals surface area contributed by atoms with E-state index in [1.54, 1.807) is 0 Å². The summed E-state index contributed by atoms with van der Waals surface area (Å²) in [6.45, 7) is 20.6. The van der Waals surface area contributed by atoms with Gasteiger partial charge in [0, 0.05) is 0 Å². The zero-order valence-corrected chi connectivity index (χ0v) is 23.3. The number of phosphoric ester groups is 1. The minimum Gasteiger partial charge on any atom is -0.283 e. The Kier molecular flexibility index (Phi) is 8.04. The molecule has 3 aliphatic rings. The SMILES string of the molecule is CC1CC(OP(=O)(OC2CC(C)CC(C)(C)C2)OC2CC(C)CC(C)(C)C2)CC(C)(C)C1. The molecule has 0 radical (unpaired) electrons. The summed E-state index contributed by atoms with van der Waals surface area (Å²) < 4.78 is 33.5. The average Bonchev–Trinajstić information content (AvgIpc) is 2.47. The molecule has 32 heavy (non-hydrogen) atoms. The second kappa shape index (κ2) is 9.63. The number of phosphoric acid groups is 1. The third-order valence-corrected chi connectivity index (χ3v) is 9.54. The van der Waals surface area contributed by atoms with Gasteiger partial charge in [-0.2, -0.15) is 0 Å². The fraction of sp³-hybridized carbons (Fsp3) is 1.00. The molecular weight excluding hydrogens is 419 g/mol. The normalized spacial score (nSPS) is 41.0. The van der Waals surface area contributed by atoms with Crippen LogP contribution < -0.4 is 0 Å². The Balaban J connectivity index is 1.79. The molecule has 0 aromatic carbocycles. The zero-order valence-electron chi connectivity index (χ0n) is 22.4. The summed E-state index contributed by atoms with van der Waals surface area (Å²) in [6, 6.07) is 0. The molecule has 5 heteroatoms. The second-order valence-corrected chi connectivity index (χ2v) is 15.9.